The molecule has 1 aromatic heterocycles. The summed E-state index contributed by atoms with van der Waals surface area (Å²) in [7, 11) is 0. The van der Waals surface area contributed by atoms with Crippen molar-refractivity contribution in [2.45, 2.75) is 6.10 Å². The number of phenolic OH excluding ortho intramolecular Hbond substituents is 1. The molecule has 1 aliphatic rings. The van der Waals surface area contributed by atoms with Crippen LogP contribution < -0.4 is 11.1 Å². The van der Waals surface area contributed by atoms with Gasteiger partial charge in [-0.2, -0.15) is 4.98 Å². The number of anilines is 3. The fourth-order valence-electron chi connectivity index (χ4n) is 2.09. The Kier molecular flexibility index (Phi) is 4.17. The highest BCUT2D eigenvalue weighted by Crippen LogP contribution is 2.33. The van der Waals surface area contributed by atoms with E-state index in [1.807, 2.05) is 0 Å². The lowest BCUT2D eigenvalue weighted by molar-refractivity contribution is 0.271. The van der Waals surface area contributed by atoms with E-state index in [0.717, 1.165) is 0 Å². The molecular weight excluding hydrogens is 308 g/mol. The van der Waals surface area contributed by atoms with Crippen LogP contribution in [0.3, 0.4) is 0 Å². The highest BCUT2D eigenvalue weighted by molar-refractivity contribution is 6.07. The van der Waals surface area contributed by atoms with Gasteiger partial charge >= 0.3 is 0 Å². The van der Waals surface area contributed by atoms with E-state index in [4.69, 9.17) is 5.73 Å². The molecule has 0 saturated heterocycles. The molecule has 3 rings (SSSR count). The molecule has 0 bridgehead atoms. The number of benzene rings is 1. The van der Waals surface area contributed by atoms with Crippen molar-refractivity contribution >= 4 is 28.6 Å². The van der Waals surface area contributed by atoms with Gasteiger partial charge in [0.2, 0.25) is 5.88 Å². The molecule has 24 heavy (non-hydrogen) atoms. The smallest absolute Gasteiger partial charge is 0.236 e. The van der Waals surface area contributed by atoms with Gasteiger partial charge in [-0.15, -0.1) is 0 Å². The summed E-state index contributed by atoms with van der Waals surface area (Å²) in [6.45, 7) is 0. The monoisotopic (exact) mass is 324 g/mol. The van der Waals surface area contributed by atoms with Crippen molar-refractivity contribution in [3.63, 3.8) is 0 Å². The molecule has 2 aromatic rings. The first kappa shape index (κ1) is 15.6. The number of hydrogen-bond acceptors (Lipinski definition) is 7. The Bertz CT molecular complexity index is 826. The highest BCUT2D eigenvalue weighted by atomic mass is 16.3. The minimum absolute atomic E-state index is 0.106. The molecule has 1 aliphatic carbocycles. The number of allylic oxidation sites excluding steroid dienone is 2. The third-order valence-corrected chi connectivity index (χ3v) is 3.32. The predicted molar refractivity (Wildman–Crippen MR) is 93.1 cm³/mol. The largest absolute Gasteiger partial charge is 0.508 e. The summed E-state index contributed by atoms with van der Waals surface area (Å²) in [6, 6.07) is 7.89. The van der Waals surface area contributed by atoms with E-state index in [0.29, 0.717) is 22.9 Å². The quantitative estimate of drug-likeness (QED) is 0.552. The number of nitrogen functional groups attached to an aromatic ring is 1. The Labute approximate surface area is 138 Å². The maximum atomic E-state index is 9.76. The van der Waals surface area contributed by atoms with Gasteiger partial charge in [-0.1, -0.05) is 12.2 Å². The number of pyridine rings is 1. The van der Waals surface area contributed by atoms with E-state index in [2.05, 4.69) is 15.3 Å². The van der Waals surface area contributed by atoms with Crippen molar-refractivity contribution in [3.8, 4) is 11.6 Å². The summed E-state index contributed by atoms with van der Waals surface area (Å²) in [4.78, 5) is 8.46. The average Bonchev–Trinajstić information content (AvgIpc) is 2.56. The maximum absolute atomic E-state index is 9.76. The second-order valence-electron chi connectivity index (χ2n) is 5.19. The number of nitrogens with zero attached hydrogens (tertiary/aromatic N) is 2. The minimum Gasteiger partial charge on any atom is -0.508 e. The van der Waals surface area contributed by atoms with Crippen molar-refractivity contribution in [2.75, 3.05) is 11.1 Å². The number of aromatic hydroxyl groups is 2. The fourth-order valence-corrected chi connectivity index (χ4v) is 2.09. The molecule has 122 valence electrons. The van der Waals surface area contributed by atoms with Crippen LogP contribution >= 0.6 is 0 Å². The summed E-state index contributed by atoms with van der Waals surface area (Å²) in [6.07, 6.45) is 5.93. The van der Waals surface area contributed by atoms with Crippen LogP contribution in [0.15, 0.2) is 59.6 Å². The molecule has 6 N–H and O–H groups in total. The van der Waals surface area contributed by atoms with Gasteiger partial charge in [0.15, 0.2) is 5.82 Å². The molecule has 0 unspecified atom stereocenters. The molecule has 0 spiro atoms. The van der Waals surface area contributed by atoms with E-state index in [1.165, 1.54) is 18.2 Å². The summed E-state index contributed by atoms with van der Waals surface area (Å²) in [5.41, 5.74) is 7.52. The molecule has 0 amide bonds. The second-order valence-corrected chi connectivity index (χ2v) is 5.19. The number of aliphatic hydroxyl groups excluding tert-OH is 1. The molecule has 1 aromatic carbocycles. The number of aliphatic imine (C=N–C) groups is 1. The predicted octanol–water partition coefficient (Wildman–Crippen LogP) is 2.38. The lowest BCUT2D eigenvalue weighted by Crippen LogP contribution is -2.05. The topological polar surface area (TPSA) is 124 Å². The third-order valence-electron chi connectivity index (χ3n) is 3.32. The minimum atomic E-state index is -0.624. The summed E-state index contributed by atoms with van der Waals surface area (Å²) in [5.74, 6) is 0.156. The van der Waals surface area contributed by atoms with Gasteiger partial charge in [-0.05, 0) is 42.5 Å². The van der Waals surface area contributed by atoms with E-state index < -0.39 is 6.10 Å². The lowest BCUT2D eigenvalue weighted by Gasteiger charge is -2.11. The van der Waals surface area contributed by atoms with Crippen LogP contribution in [0.5, 0.6) is 11.6 Å². The summed E-state index contributed by atoms with van der Waals surface area (Å²) >= 11 is 0. The van der Waals surface area contributed by atoms with Gasteiger partial charge in [-0.25, -0.2) is 4.99 Å². The van der Waals surface area contributed by atoms with Crippen LogP contribution in [-0.4, -0.2) is 32.1 Å². The van der Waals surface area contributed by atoms with Crippen molar-refractivity contribution in [1.29, 1.82) is 0 Å². The zero-order chi connectivity index (χ0) is 17.1. The van der Waals surface area contributed by atoms with Gasteiger partial charge in [0, 0.05) is 5.69 Å². The van der Waals surface area contributed by atoms with Gasteiger partial charge in [-0.3, -0.25) is 0 Å². The van der Waals surface area contributed by atoms with Crippen molar-refractivity contribution in [2.24, 2.45) is 4.99 Å². The zero-order valence-corrected chi connectivity index (χ0v) is 12.6. The number of phenols is 1. The van der Waals surface area contributed by atoms with Gasteiger partial charge < -0.3 is 26.4 Å². The molecule has 0 saturated carbocycles. The molecule has 1 heterocycles. The van der Waals surface area contributed by atoms with Crippen molar-refractivity contribution < 1.29 is 15.3 Å². The van der Waals surface area contributed by atoms with Crippen molar-refractivity contribution in [3.05, 3.63) is 54.6 Å². The molecule has 0 fully saturated rings. The molecule has 0 radical (unpaired) electrons. The van der Waals surface area contributed by atoms with E-state index in [-0.39, 0.29) is 17.3 Å². The SMILES string of the molecule is Nc1cc(N=C2C=CC(O)C=C2)c(Nc2ccc(O)cc2)nc1O. The van der Waals surface area contributed by atoms with Gasteiger partial charge in [0.25, 0.3) is 0 Å². The van der Waals surface area contributed by atoms with Crippen LogP contribution in [0.1, 0.15) is 0 Å². The molecule has 0 atom stereocenters. The van der Waals surface area contributed by atoms with Crippen LogP contribution in [0.25, 0.3) is 0 Å². The number of aliphatic hydroxyl groups is 1. The summed E-state index contributed by atoms with van der Waals surface area (Å²) < 4.78 is 0. The lowest BCUT2D eigenvalue weighted by atomic mass is 10.1. The number of rotatable bonds is 3. The number of nitrogens with one attached hydrogen (secondary N) is 1. The van der Waals surface area contributed by atoms with Gasteiger partial charge in [0.1, 0.15) is 11.4 Å². The average molecular weight is 324 g/mol. The highest BCUT2D eigenvalue weighted by Gasteiger charge is 2.11. The van der Waals surface area contributed by atoms with E-state index in [9.17, 15) is 15.3 Å². The number of nitrogens with two attached hydrogens (primary N) is 1. The van der Waals surface area contributed by atoms with E-state index >= 15 is 0 Å². The van der Waals surface area contributed by atoms with Crippen LogP contribution in [-0.2, 0) is 0 Å². The number of hydrogen-bond donors (Lipinski definition) is 5. The Hall–Kier alpha value is -3.32. The first-order valence-electron chi connectivity index (χ1n) is 7.20. The molecule has 7 heteroatoms. The Morgan fingerprint density at radius 3 is 2.42 bits per heavy atom. The maximum Gasteiger partial charge on any atom is 0.236 e. The van der Waals surface area contributed by atoms with Crippen LogP contribution in [0.4, 0.5) is 22.9 Å². The van der Waals surface area contributed by atoms with Crippen molar-refractivity contribution in [1.82, 2.24) is 4.98 Å². The third kappa shape index (κ3) is 3.53. The molecular formula is C17H16N4O3. The first-order valence-corrected chi connectivity index (χ1v) is 7.20. The fraction of sp³-hybridized carbons (Fsp3) is 0.0588. The van der Waals surface area contributed by atoms with Gasteiger partial charge in [0.05, 0.1) is 17.5 Å². The first-order chi connectivity index (χ1) is 11.5. The Morgan fingerprint density at radius 1 is 1.08 bits per heavy atom. The molecule has 7 nitrogen and oxygen atoms in total. The van der Waals surface area contributed by atoms with Crippen LogP contribution in [0.2, 0.25) is 0 Å². The Balaban J connectivity index is 1.97. The second kappa shape index (κ2) is 6.43. The summed E-state index contributed by atoms with van der Waals surface area (Å²) in [5, 5.41) is 31.5. The normalized spacial score (nSPS) is 16.2. The number of aromatic nitrogens is 1. The standard InChI is InChI=1S/C17H16N4O3/c18-14-9-15(19-10-1-5-12(22)6-2-10)16(21-17(14)24)20-11-3-7-13(23)8-4-11/h1-9,12,22-23H,18H2,(H2,20,21,24). The molecule has 0 aliphatic heterocycles. The Morgan fingerprint density at radius 2 is 1.75 bits per heavy atom. The zero-order valence-electron chi connectivity index (χ0n) is 12.6. The van der Waals surface area contributed by atoms with E-state index in [1.54, 1.807) is 36.4 Å². The van der Waals surface area contributed by atoms with Crippen LogP contribution in [0, 0.1) is 0 Å².